The van der Waals surface area contributed by atoms with E-state index in [4.69, 9.17) is 4.74 Å². The molecule has 3 rings (SSSR count). The average molecular weight is 497 g/mol. The van der Waals surface area contributed by atoms with Crippen LogP contribution in [0.1, 0.15) is 29.9 Å². The number of thioether (sulfide) groups is 1. The lowest BCUT2D eigenvalue weighted by atomic mass is 9.91. The number of esters is 1. The zero-order chi connectivity index (χ0) is 18.6. The Morgan fingerprint density at radius 1 is 1.00 bits per heavy atom. The van der Waals surface area contributed by atoms with Gasteiger partial charge in [-0.2, -0.15) is 0 Å². The molecule has 3 nitrogen and oxygen atoms in total. The molecule has 1 fully saturated rings. The smallest absolute Gasteiger partial charge is 0.318 e. The van der Waals surface area contributed by atoms with Gasteiger partial charge in [0.05, 0.1) is 27.2 Å². The second-order valence-corrected chi connectivity index (χ2v) is 8.52. The van der Waals surface area contributed by atoms with Crippen molar-refractivity contribution in [3.63, 3.8) is 0 Å². The van der Waals surface area contributed by atoms with Gasteiger partial charge < -0.3 is 33.2 Å². The third kappa shape index (κ3) is 5.96. The Labute approximate surface area is 184 Å². The first-order valence-electron chi connectivity index (χ1n) is 9.20. The molecule has 2 aromatic carbocycles. The maximum atomic E-state index is 13.1. The van der Waals surface area contributed by atoms with Gasteiger partial charge in [0.1, 0.15) is 12.0 Å². The third-order valence-corrected chi connectivity index (χ3v) is 5.96. The fourth-order valence-electron chi connectivity index (χ4n) is 3.50. The molecule has 1 unspecified atom stereocenters. The highest BCUT2D eigenvalue weighted by molar-refractivity contribution is 7.98. The summed E-state index contributed by atoms with van der Waals surface area (Å²) in [4.78, 5) is 14.3. The molecule has 0 amide bonds. The van der Waals surface area contributed by atoms with Gasteiger partial charge in [-0.1, -0.05) is 42.5 Å². The molecule has 1 heterocycles. The minimum absolute atomic E-state index is 0. The van der Waals surface area contributed by atoms with Crippen LogP contribution in [0.15, 0.2) is 59.5 Å². The Morgan fingerprint density at radius 3 is 2.11 bits per heavy atom. The molecule has 0 radical (unpaired) electrons. The molecular formula is C22H28INO2S. The van der Waals surface area contributed by atoms with Gasteiger partial charge in [0, 0.05) is 17.7 Å². The highest BCUT2D eigenvalue weighted by Gasteiger charge is 2.31. The number of hydrogen-bond acceptors (Lipinski definition) is 3. The van der Waals surface area contributed by atoms with E-state index < -0.39 is 0 Å². The van der Waals surface area contributed by atoms with Gasteiger partial charge >= 0.3 is 5.97 Å². The second-order valence-electron chi connectivity index (χ2n) is 7.64. The first-order valence-corrected chi connectivity index (χ1v) is 10.4. The summed E-state index contributed by atoms with van der Waals surface area (Å²) in [6.07, 6.45) is 3.96. The van der Waals surface area contributed by atoms with E-state index in [1.165, 1.54) is 4.90 Å². The molecule has 0 aromatic heterocycles. The minimum atomic E-state index is -0.364. The zero-order valence-corrected chi connectivity index (χ0v) is 19.2. The molecule has 0 spiro atoms. The maximum absolute atomic E-state index is 13.1. The monoisotopic (exact) mass is 497 g/mol. The summed E-state index contributed by atoms with van der Waals surface area (Å²) >= 11 is 1.70. The molecule has 27 heavy (non-hydrogen) atoms. The predicted molar refractivity (Wildman–Crippen MR) is 107 cm³/mol. The number of hydrogen-bond donors (Lipinski definition) is 0. The molecule has 0 saturated carbocycles. The predicted octanol–water partition coefficient (Wildman–Crippen LogP) is 1.33. The lowest BCUT2D eigenvalue weighted by molar-refractivity contribution is -0.896. The van der Waals surface area contributed by atoms with Gasteiger partial charge in [-0.05, 0) is 29.5 Å². The molecule has 146 valence electrons. The van der Waals surface area contributed by atoms with E-state index in [9.17, 15) is 4.79 Å². The summed E-state index contributed by atoms with van der Waals surface area (Å²) in [6, 6.07) is 18.2. The zero-order valence-electron chi connectivity index (χ0n) is 16.2. The highest BCUT2D eigenvalue weighted by Crippen LogP contribution is 2.29. The summed E-state index contributed by atoms with van der Waals surface area (Å²) < 4.78 is 6.96. The van der Waals surface area contributed by atoms with Gasteiger partial charge in [0.15, 0.2) is 0 Å². The molecule has 1 aliphatic rings. The van der Waals surface area contributed by atoms with Gasteiger partial charge in [0.2, 0.25) is 0 Å². The number of carbonyl (C=O) groups excluding carboxylic acids is 1. The quantitative estimate of drug-likeness (QED) is 0.270. The molecular weight excluding hydrogens is 469 g/mol. The van der Waals surface area contributed by atoms with Gasteiger partial charge in [-0.3, -0.25) is 4.79 Å². The summed E-state index contributed by atoms with van der Waals surface area (Å²) in [5.74, 6) is -0.498. The van der Waals surface area contributed by atoms with Crippen molar-refractivity contribution >= 4 is 17.7 Å². The SMILES string of the molecule is CSc1ccc(C(C(=O)OC2CC[N+](C)(C)CC2)c2ccccc2)cc1.[I-]. The van der Waals surface area contributed by atoms with Crippen LogP contribution in [0.3, 0.4) is 0 Å². The summed E-state index contributed by atoms with van der Waals surface area (Å²) in [5.41, 5.74) is 1.98. The molecule has 2 aromatic rings. The van der Waals surface area contributed by atoms with Crippen molar-refractivity contribution in [1.29, 1.82) is 0 Å². The Kier molecular flexibility index (Phi) is 8.19. The highest BCUT2D eigenvalue weighted by atomic mass is 127. The van der Waals surface area contributed by atoms with E-state index in [-0.39, 0.29) is 42.0 Å². The number of piperidine rings is 1. The van der Waals surface area contributed by atoms with Crippen LogP contribution in [0.4, 0.5) is 0 Å². The van der Waals surface area contributed by atoms with Crippen LogP contribution in [0.2, 0.25) is 0 Å². The molecule has 1 saturated heterocycles. The third-order valence-electron chi connectivity index (χ3n) is 5.21. The van der Waals surface area contributed by atoms with E-state index in [1.54, 1.807) is 11.8 Å². The number of rotatable bonds is 5. The Morgan fingerprint density at radius 2 is 1.56 bits per heavy atom. The number of quaternary nitrogens is 1. The van der Waals surface area contributed by atoms with Gasteiger partial charge in [0.25, 0.3) is 0 Å². The Balaban J connectivity index is 0.00000261. The lowest BCUT2D eigenvalue weighted by Gasteiger charge is -2.37. The number of benzene rings is 2. The summed E-state index contributed by atoms with van der Waals surface area (Å²) in [7, 11) is 4.47. The average Bonchev–Trinajstić information content (AvgIpc) is 2.65. The molecule has 0 bridgehead atoms. The molecule has 0 N–H and O–H groups in total. The molecule has 1 aliphatic heterocycles. The van der Waals surface area contributed by atoms with Gasteiger partial charge in [-0.25, -0.2) is 0 Å². The van der Waals surface area contributed by atoms with E-state index in [1.807, 2.05) is 42.5 Å². The number of likely N-dealkylation sites (tertiary alicyclic amines) is 1. The number of nitrogens with zero attached hydrogens (tertiary/aromatic N) is 1. The normalized spacial score (nSPS) is 17.6. The van der Waals surface area contributed by atoms with Crippen molar-refractivity contribution in [1.82, 2.24) is 0 Å². The molecule has 1 atom stereocenters. The van der Waals surface area contributed by atoms with Crippen LogP contribution >= 0.6 is 11.8 Å². The first kappa shape index (κ1) is 22.2. The fourth-order valence-corrected chi connectivity index (χ4v) is 3.91. The van der Waals surface area contributed by atoms with Crippen LogP contribution in [0.5, 0.6) is 0 Å². The maximum Gasteiger partial charge on any atom is 0.318 e. The van der Waals surface area contributed by atoms with Crippen LogP contribution in [0, 0.1) is 0 Å². The second kappa shape index (κ2) is 9.94. The van der Waals surface area contributed by atoms with Crippen molar-refractivity contribution in [2.45, 2.75) is 29.8 Å². The molecule has 0 aliphatic carbocycles. The van der Waals surface area contributed by atoms with E-state index >= 15 is 0 Å². The van der Waals surface area contributed by atoms with E-state index in [0.717, 1.165) is 41.5 Å². The van der Waals surface area contributed by atoms with Crippen LogP contribution in [0.25, 0.3) is 0 Å². The number of carbonyl (C=O) groups is 1. The van der Waals surface area contributed by atoms with Crippen molar-refractivity contribution in [2.75, 3.05) is 33.4 Å². The van der Waals surface area contributed by atoms with Crippen molar-refractivity contribution in [3.05, 3.63) is 65.7 Å². The van der Waals surface area contributed by atoms with Crippen LogP contribution < -0.4 is 24.0 Å². The molecule has 5 heteroatoms. The minimum Gasteiger partial charge on any atom is -1.00 e. The van der Waals surface area contributed by atoms with E-state index in [2.05, 4.69) is 32.5 Å². The van der Waals surface area contributed by atoms with Crippen molar-refractivity contribution in [3.8, 4) is 0 Å². The standard InChI is InChI=1S/C22H28NO2S.HI/c1-23(2)15-13-19(14-16-23)25-22(24)21(17-7-5-4-6-8-17)18-9-11-20(26-3)12-10-18;/h4-12,19,21H,13-16H2,1-3H3;1H/q+1;/p-1. The Hall–Kier alpha value is -1.05. The van der Waals surface area contributed by atoms with Crippen LogP contribution in [-0.4, -0.2) is 50.0 Å². The number of ether oxygens (including phenoxy) is 1. The largest absolute Gasteiger partial charge is 1.00 e. The van der Waals surface area contributed by atoms with Crippen molar-refractivity contribution in [2.24, 2.45) is 0 Å². The lowest BCUT2D eigenvalue weighted by Crippen LogP contribution is -3.00. The number of halogens is 1. The van der Waals surface area contributed by atoms with Gasteiger partial charge in [-0.15, -0.1) is 11.8 Å². The Bertz CT molecular complexity index is 724. The summed E-state index contributed by atoms with van der Waals surface area (Å²) in [6.45, 7) is 2.10. The fraction of sp³-hybridized carbons (Fsp3) is 0.409. The van der Waals surface area contributed by atoms with Crippen LogP contribution in [-0.2, 0) is 9.53 Å². The topological polar surface area (TPSA) is 26.3 Å². The summed E-state index contributed by atoms with van der Waals surface area (Å²) in [5, 5.41) is 0. The van der Waals surface area contributed by atoms with E-state index in [0.29, 0.717) is 0 Å². The first-order chi connectivity index (χ1) is 12.5. The van der Waals surface area contributed by atoms with Crippen molar-refractivity contribution < 1.29 is 38.0 Å².